The van der Waals surface area contributed by atoms with E-state index in [1.807, 2.05) is 54.6 Å². The fourth-order valence-electron chi connectivity index (χ4n) is 3.64. The molecule has 3 aromatic rings. The summed E-state index contributed by atoms with van der Waals surface area (Å²) >= 11 is 0. The molecular formula is C29H30O7. The van der Waals surface area contributed by atoms with Crippen LogP contribution in [0.2, 0.25) is 0 Å². The summed E-state index contributed by atoms with van der Waals surface area (Å²) in [7, 11) is 3.26. The highest BCUT2D eigenvalue weighted by Crippen LogP contribution is 2.27. The van der Waals surface area contributed by atoms with Crippen molar-refractivity contribution in [2.75, 3.05) is 27.4 Å². The third kappa shape index (κ3) is 7.12. The van der Waals surface area contributed by atoms with Gasteiger partial charge in [-0.1, -0.05) is 36.4 Å². The molecular weight excluding hydrogens is 460 g/mol. The van der Waals surface area contributed by atoms with E-state index in [4.69, 9.17) is 18.9 Å². The van der Waals surface area contributed by atoms with Crippen molar-refractivity contribution in [3.05, 3.63) is 95.6 Å². The predicted octanol–water partition coefficient (Wildman–Crippen LogP) is 5.02. The van der Waals surface area contributed by atoms with Gasteiger partial charge in [-0.05, 0) is 78.1 Å². The van der Waals surface area contributed by atoms with E-state index < -0.39 is 17.9 Å². The van der Waals surface area contributed by atoms with Gasteiger partial charge in [0.05, 0.1) is 20.8 Å². The Kier molecular flexibility index (Phi) is 9.51. The zero-order valence-electron chi connectivity index (χ0n) is 20.6. The molecule has 188 valence electrons. The van der Waals surface area contributed by atoms with Crippen molar-refractivity contribution in [1.82, 2.24) is 0 Å². The highest BCUT2D eigenvalue weighted by molar-refractivity contribution is 5.94. The maximum Gasteiger partial charge on any atom is 0.320 e. The van der Waals surface area contributed by atoms with Crippen molar-refractivity contribution in [2.24, 2.45) is 5.92 Å². The second-order valence-electron chi connectivity index (χ2n) is 7.88. The lowest BCUT2D eigenvalue weighted by Gasteiger charge is -2.13. The predicted molar refractivity (Wildman–Crippen MR) is 136 cm³/mol. The highest BCUT2D eigenvalue weighted by Gasteiger charge is 2.27. The molecule has 0 amide bonds. The van der Waals surface area contributed by atoms with E-state index in [9.17, 15) is 14.7 Å². The third-order valence-corrected chi connectivity index (χ3v) is 5.57. The fraction of sp³-hybridized carbons (Fsp3) is 0.241. The Hall–Kier alpha value is -4.26. The minimum absolute atomic E-state index is 0.0490. The van der Waals surface area contributed by atoms with Crippen molar-refractivity contribution in [1.29, 1.82) is 0 Å². The quantitative estimate of drug-likeness (QED) is 0.282. The van der Waals surface area contributed by atoms with Gasteiger partial charge in [-0.15, -0.1) is 0 Å². The molecule has 0 saturated heterocycles. The van der Waals surface area contributed by atoms with Crippen LogP contribution in [-0.2, 0) is 20.7 Å². The minimum Gasteiger partial charge on any atom is -0.497 e. The molecule has 7 nitrogen and oxygen atoms in total. The van der Waals surface area contributed by atoms with Crippen LogP contribution in [0.15, 0.2) is 78.9 Å². The van der Waals surface area contributed by atoms with Crippen LogP contribution in [0.4, 0.5) is 0 Å². The normalized spacial score (nSPS) is 11.2. The maximum atomic E-state index is 11.9. The monoisotopic (exact) mass is 490 g/mol. The number of carbonyl (C=O) groups is 2. The zero-order valence-corrected chi connectivity index (χ0v) is 20.6. The summed E-state index contributed by atoms with van der Waals surface area (Å²) in [5.74, 6) is -1.00. The fourth-order valence-corrected chi connectivity index (χ4v) is 3.64. The van der Waals surface area contributed by atoms with Crippen molar-refractivity contribution in [3.63, 3.8) is 0 Å². The average molecular weight is 491 g/mol. The van der Waals surface area contributed by atoms with E-state index in [2.05, 4.69) is 0 Å². The summed E-state index contributed by atoms with van der Waals surface area (Å²) < 4.78 is 21.4. The first-order valence-corrected chi connectivity index (χ1v) is 11.5. The number of methoxy groups -OCH3 is 2. The van der Waals surface area contributed by atoms with Gasteiger partial charge in [0.2, 0.25) is 0 Å². The number of rotatable bonds is 12. The second-order valence-corrected chi connectivity index (χ2v) is 7.88. The van der Waals surface area contributed by atoms with Crippen LogP contribution >= 0.6 is 0 Å². The largest absolute Gasteiger partial charge is 0.497 e. The summed E-state index contributed by atoms with van der Waals surface area (Å²) in [6.07, 6.45) is 2.05. The number of ether oxygens (including phenoxy) is 4. The molecule has 0 fully saturated rings. The van der Waals surface area contributed by atoms with E-state index in [1.165, 1.54) is 0 Å². The van der Waals surface area contributed by atoms with Gasteiger partial charge in [0, 0.05) is 0 Å². The van der Waals surface area contributed by atoms with Crippen molar-refractivity contribution in [3.8, 4) is 17.2 Å². The lowest BCUT2D eigenvalue weighted by atomic mass is 9.97. The summed E-state index contributed by atoms with van der Waals surface area (Å²) in [6, 6.07) is 22.6. The number of esters is 1. The van der Waals surface area contributed by atoms with Crippen LogP contribution in [0, 0.1) is 5.92 Å². The van der Waals surface area contributed by atoms with Gasteiger partial charge in [0.15, 0.2) is 5.92 Å². The lowest BCUT2D eigenvalue weighted by molar-refractivity contribution is -0.158. The smallest absolute Gasteiger partial charge is 0.320 e. The van der Waals surface area contributed by atoms with E-state index in [0.29, 0.717) is 17.9 Å². The standard InChI is InChI=1S/C29H30O7/c1-4-35-29(32)27(28(30)31)19-20-5-11-25(12-6-20)36-18-17-26(21-7-13-23(33-2)14-8-21)22-9-15-24(34-3)16-10-22/h5-17,27H,4,18-19H2,1-3H3,(H,30,31). The number of aliphatic carboxylic acids is 1. The van der Waals surface area contributed by atoms with Crippen LogP contribution in [-0.4, -0.2) is 44.5 Å². The van der Waals surface area contributed by atoms with Gasteiger partial charge >= 0.3 is 11.9 Å². The summed E-state index contributed by atoms with van der Waals surface area (Å²) in [5, 5.41) is 9.35. The molecule has 0 aromatic heterocycles. The first kappa shape index (κ1) is 26.3. The Morgan fingerprint density at radius 1 is 0.806 bits per heavy atom. The molecule has 1 atom stereocenters. The zero-order chi connectivity index (χ0) is 25.9. The van der Waals surface area contributed by atoms with Crippen LogP contribution < -0.4 is 14.2 Å². The van der Waals surface area contributed by atoms with E-state index in [-0.39, 0.29) is 13.0 Å². The average Bonchev–Trinajstić information content (AvgIpc) is 2.90. The molecule has 0 saturated carbocycles. The number of carboxylic acid groups (broad SMARTS) is 1. The Morgan fingerprint density at radius 2 is 1.31 bits per heavy atom. The molecule has 3 aromatic carbocycles. The Labute approximate surface area is 210 Å². The van der Waals surface area contributed by atoms with E-state index in [0.717, 1.165) is 28.2 Å². The first-order chi connectivity index (χ1) is 17.4. The first-order valence-electron chi connectivity index (χ1n) is 11.5. The van der Waals surface area contributed by atoms with Gasteiger partial charge < -0.3 is 24.1 Å². The molecule has 0 spiro atoms. The highest BCUT2D eigenvalue weighted by atomic mass is 16.5. The molecule has 0 aliphatic rings. The molecule has 7 heteroatoms. The number of carboxylic acids is 1. The third-order valence-electron chi connectivity index (χ3n) is 5.57. The van der Waals surface area contributed by atoms with Crippen LogP contribution in [0.25, 0.3) is 5.57 Å². The molecule has 0 bridgehead atoms. The second kappa shape index (κ2) is 13.0. The van der Waals surface area contributed by atoms with Crippen LogP contribution in [0.5, 0.6) is 17.2 Å². The molecule has 3 rings (SSSR count). The van der Waals surface area contributed by atoms with Crippen molar-refractivity contribution >= 4 is 17.5 Å². The molecule has 0 aliphatic heterocycles. The number of hydrogen-bond acceptors (Lipinski definition) is 6. The summed E-state index contributed by atoms with van der Waals surface area (Å²) in [5.41, 5.74) is 3.73. The number of hydrogen-bond donors (Lipinski definition) is 1. The number of carbonyl (C=O) groups excluding carboxylic acids is 1. The topological polar surface area (TPSA) is 91.3 Å². The van der Waals surface area contributed by atoms with Crippen molar-refractivity contribution < 1.29 is 33.6 Å². The molecule has 36 heavy (non-hydrogen) atoms. The van der Waals surface area contributed by atoms with Gasteiger partial charge in [-0.2, -0.15) is 0 Å². The number of benzene rings is 3. The summed E-state index contributed by atoms with van der Waals surface area (Å²) in [4.78, 5) is 23.4. The maximum absolute atomic E-state index is 11.9. The molecule has 1 unspecified atom stereocenters. The molecule has 0 heterocycles. The SMILES string of the molecule is CCOC(=O)C(Cc1ccc(OCC=C(c2ccc(OC)cc2)c2ccc(OC)cc2)cc1)C(=O)O. The van der Waals surface area contributed by atoms with E-state index >= 15 is 0 Å². The van der Waals surface area contributed by atoms with Gasteiger partial charge in [-0.25, -0.2) is 0 Å². The van der Waals surface area contributed by atoms with Gasteiger partial charge in [-0.3, -0.25) is 9.59 Å². The van der Waals surface area contributed by atoms with Crippen molar-refractivity contribution in [2.45, 2.75) is 13.3 Å². The molecule has 0 aliphatic carbocycles. The van der Waals surface area contributed by atoms with Gasteiger partial charge in [0.1, 0.15) is 23.9 Å². The summed E-state index contributed by atoms with van der Waals surface area (Å²) in [6.45, 7) is 2.09. The van der Waals surface area contributed by atoms with Crippen LogP contribution in [0.1, 0.15) is 23.6 Å². The van der Waals surface area contributed by atoms with E-state index in [1.54, 1.807) is 45.4 Å². The Balaban J connectivity index is 1.73. The van der Waals surface area contributed by atoms with Gasteiger partial charge in [0.25, 0.3) is 0 Å². The Morgan fingerprint density at radius 3 is 1.75 bits per heavy atom. The lowest BCUT2D eigenvalue weighted by Crippen LogP contribution is -2.27. The molecule has 1 N–H and O–H groups in total. The molecule has 0 radical (unpaired) electrons. The Bertz CT molecular complexity index is 1110. The minimum atomic E-state index is -1.24. The van der Waals surface area contributed by atoms with Crippen LogP contribution in [0.3, 0.4) is 0 Å².